The molecule has 1 heterocycles. The number of halogens is 1. The first-order chi connectivity index (χ1) is 12.6. The first-order valence-corrected chi connectivity index (χ1v) is 9.14. The highest BCUT2D eigenvalue weighted by Crippen LogP contribution is 2.32. The molecule has 0 bridgehead atoms. The van der Waals surface area contributed by atoms with E-state index in [4.69, 9.17) is 9.47 Å². The third-order valence-electron chi connectivity index (χ3n) is 3.78. The maximum Gasteiger partial charge on any atom is 0.251 e. The summed E-state index contributed by atoms with van der Waals surface area (Å²) in [6.07, 6.45) is 1.01. The zero-order valence-corrected chi connectivity index (χ0v) is 15.7. The van der Waals surface area contributed by atoms with Crippen LogP contribution in [-0.4, -0.2) is 31.6 Å². The van der Waals surface area contributed by atoms with Crippen molar-refractivity contribution in [2.45, 2.75) is 12.8 Å². The number of anilines is 1. The standard InChI is InChI=1S/C19H19BrN2O4/c20-14-4-2-13(3-5-14)19(24)21-9-8-18(23)22-15-6-7-16-17(12-15)26-11-1-10-25-16/h2-7,12H,1,8-11H2,(H,21,24)(H,22,23). The monoisotopic (exact) mass is 418 g/mol. The molecule has 2 amide bonds. The van der Waals surface area contributed by atoms with Crippen LogP contribution < -0.4 is 20.1 Å². The van der Waals surface area contributed by atoms with Crippen molar-refractivity contribution in [2.24, 2.45) is 0 Å². The lowest BCUT2D eigenvalue weighted by Gasteiger charge is -2.10. The van der Waals surface area contributed by atoms with Crippen molar-refractivity contribution in [3.8, 4) is 11.5 Å². The summed E-state index contributed by atoms with van der Waals surface area (Å²) in [5.41, 5.74) is 1.19. The third kappa shape index (κ3) is 4.98. The Hall–Kier alpha value is -2.54. The molecule has 6 nitrogen and oxygen atoms in total. The number of hydrogen-bond donors (Lipinski definition) is 2. The Morgan fingerprint density at radius 2 is 1.73 bits per heavy atom. The highest BCUT2D eigenvalue weighted by Gasteiger charge is 2.12. The Bertz CT molecular complexity index is 793. The van der Waals surface area contributed by atoms with Crippen LogP contribution in [0.25, 0.3) is 0 Å². The Balaban J connectivity index is 1.47. The molecule has 0 radical (unpaired) electrons. The third-order valence-corrected chi connectivity index (χ3v) is 4.30. The van der Waals surface area contributed by atoms with Gasteiger partial charge in [-0.2, -0.15) is 0 Å². The van der Waals surface area contributed by atoms with Crippen molar-refractivity contribution in [1.29, 1.82) is 0 Å². The van der Waals surface area contributed by atoms with Crippen molar-refractivity contribution in [3.05, 3.63) is 52.5 Å². The van der Waals surface area contributed by atoms with Gasteiger partial charge >= 0.3 is 0 Å². The number of rotatable bonds is 5. The molecule has 0 aromatic heterocycles. The highest BCUT2D eigenvalue weighted by atomic mass is 79.9. The van der Waals surface area contributed by atoms with Crippen LogP contribution in [0, 0.1) is 0 Å². The molecule has 0 aliphatic carbocycles. The first-order valence-electron chi connectivity index (χ1n) is 8.35. The SMILES string of the molecule is O=C(CCNC(=O)c1ccc(Br)cc1)Nc1ccc2c(c1)OCCCO2. The van der Waals surface area contributed by atoms with E-state index < -0.39 is 0 Å². The maximum absolute atomic E-state index is 12.1. The van der Waals surface area contributed by atoms with E-state index in [0.29, 0.717) is 36.0 Å². The molecule has 2 aromatic carbocycles. The van der Waals surface area contributed by atoms with E-state index in [1.807, 2.05) is 0 Å². The van der Waals surface area contributed by atoms with Gasteiger partial charge in [0.1, 0.15) is 0 Å². The van der Waals surface area contributed by atoms with Crippen LogP contribution >= 0.6 is 15.9 Å². The summed E-state index contributed by atoms with van der Waals surface area (Å²) in [7, 11) is 0. The molecule has 26 heavy (non-hydrogen) atoms. The number of nitrogens with one attached hydrogen (secondary N) is 2. The zero-order valence-electron chi connectivity index (χ0n) is 14.1. The molecular formula is C19H19BrN2O4. The van der Waals surface area contributed by atoms with E-state index in [1.165, 1.54) is 0 Å². The maximum atomic E-state index is 12.1. The molecule has 0 atom stereocenters. The largest absolute Gasteiger partial charge is 0.490 e. The lowest BCUT2D eigenvalue weighted by molar-refractivity contribution is -0.116. The van der Waals surface area contributed by atoms with E-state index in [2.05, 4.69) is 26.6 Å². The molecule has 2 N–H and O–H groups in total. The van der Waals surface area contributed by atoms with Crippen LogP contribution in [0.5, 0.6) is 11.5 Å². The molecule has 1 aliphatic heterocycles. The predicted octanol–water partition coefficient (Wildman–Crippen LogP) is 3.37. The molecular weight excluding hydrogens is 400 g/mol. The zero-order chi connectivity index (χ0) is 18.4. The minimum absolute atomic E-state index is 0.177. The second-order valence-electron chi connectivity index (χ2n) is 5.77. The molecule has 0 fully saturated rings. The van der Waals surface area contributed by atoms with E-state index in [-0.39, 0.29) is 24.8 Å². The Morgan fingerprint density at radius 1 is 1.00 bits per heavy atom. The summed E-state index contributed by atoms with van der Waals surface area (Å²) in [6, 6.07) is 12.3. The number of ether oxygens (including phenoxy) is 2. The second-order valence-corrected chi connectivity index (χ2v) is 6.69. The number of amides is 2. The molecule has 0 saturated carbocycles. The predicted molar refractivity (Wildman–Crippen MR) is 102 cm³/mol. The number of fused-ring (bicyclic) bond motifs is 1. The molecule has 136 valence electrons. The van der Waals surface area contributed by atoms with Crippen LogP contribution in [0.1, 0.15) is 23.2 Å². The van der Waals surface area contributed by atoms with Gasteiger partial charge in [0.15, 0.2) is 11.5 Å². The molecule has 0 spiro atoms. The molecule has 1 aliphatic rings. The number of carbonyl (C=O) groups is 2. The number of benzene rings is 2. The molecule has 2 aromatic rings. The minimum Gasteiger partial charge on any atom is -0.490 e. The lowest BCUT2D eigenvalue weighted by atomic mass is 10.2. The summed E-state index contributed by atoms with van der Waals surface area (Å²) < 4.78 is 12.1. The first kappa shape index (κ1) is 18.3. The van der Waals surface area contributed by atoms with Gasteiger partial charge in [0, 0.05) is 41.2 Å². The van der Waals surface area contributed by atoms with E-state index in [1.54, 1.807) is 42.5 Å². The highest BCUT2D eigenvalue weighted by molar-refractivity contribution is 9.10. The van der Waals surface area contributed by atoms with Gasteiger partial charge in [-0.1, -0.05) is 15.9 Å². The number of carbonyl (C=O) groups excluding carboxylic acids is 2. The average Bonchev–Trinajstić information content (AvgIpc) is 2.87. The van der Waals surface area contributed by atoms with Gasteiger partial charge in [0.05, 0.1) is 13.2 Å². The summed E-state index contributed by atoms with van der Waals surface area (Å²) >= 11 is 3.32. The summed E-state index contributed by atoms with van der Waals surface area (Å²) in [5, 5.41) is 5.53. The topological polar surface area (TPSA) is 76.7 Å². The average molecular weight is 419 g/mol. The van der Waals surface area contributed by atoms with Gasteiger partial charge in [0.25, 0.3) is 5.91 Å². The van der Waals surface area contributed by atoms with Gasteiger partial charge in [-0.05, 0) is 36.4 Å². The van der Waals surface area contributed by atoms with Crippen molar-refractivity contribution < 1.29 is 19.1 Å². The van der Waals surface area contributed by atoms with Crippen LogP contribution in [0.3, 0.4) is 0 Å². The van der Waals surface area contributed by atoms with Crippen molar-refractivity contribution in [2.75, 3.05) is 25.1 Å². The smallest absolute Gasteiger partial charge is 0.251 e. The molecule has 0 unspecified atom stereocenters. The van der Waals surface area contributed by atoms with Crippen LogP contribution in [0.15, 0.2) is 46.9 Å². The van der Waals surface area contributed by atoms with Crippen LogP contribution in [0.4, 0.5) is 5.69 Å². The summed E-state index contributed by atoms with van der Waals surface area (Å²) in [4.78, 5) is 24.1. The fraction of sp³-hybridized carbons (Fsp3) is 0.263. The summed E-state index contributed by atoms with van der Waals surface area (Å²) in [6.45, 7) is 1.47. The van der Waals surface area contributed by atoms with Crippen molar-refractivity contribution in [1.82, 2.24) is 5.32 Å². The summed E-state index contributed by atoms with van der Waals surface area (Å²) in [5.74, 6) is 0.919. The second kappa shape index (κ2) is 8.71. The Kier molecular flexibility index (Phi) is 6.12. The number of hydrogen-bond acceptors (Lipinski definition) is 4. The van der Waals surface area contributed by atoms with Crippen LogP contribution in [0.2, 0.25) is 0 Å². The van der Waals surface area contributed by atoms with E-state index >= 15 is 0 Å². The van der Waals surface area contributed by atoms with E-state index in [0.717, 1.165) is 10.9 Å². The molecule has 7 heteroatoms. The Morgan fingerprint density at radius 3 is 2.50 bits per heavy atom. The normalized spacial score (nSPS) is 12.8. The quantitative estimate of drug-likeness (QED) is 0.780. The lowest BCUT2D eigenvalue weighted by Crippen LogP contribution is -2.27. The van der Waals surface area contributed by atoms with Gasteiger partial charge in [-0.15, -0.1) is 0 Å². The van der Waals surface area contributed by atoms with Gasteiger partial charge in [-0.25, -0.2) is 0 Å². The van der Waals surface area contributed by atoms with E-state index in [9.17, 15) is 9.59 Å². The molecule has 3 rings (SSSR count). The fourth-order valence-electron chi connectivity index (χ4n) is 2.46. The van der Waals surface area contributed by atoms with Gasteiger partial charge < -0.3 is 20.1 Å². The van der Waals surface area contributed by atoms with Gasteiger partial charge in [-0.3, -0.25) is 9.59 Å². The molecule has 0 saturated heterocycles. The van der Waals surface area contributed by atoms with Crippen molar-refractivity contribution in [3.63, 3.8) is 0 Å². The van der Waals surface area contributed by atoms with Crippen molar-refractivity contribution >= 4 is 33.4 Å². The van der Waals surface area contributed by atoms with Gasteiger partial charge in [0.2, 0.25) is 5.91 Å². The minimum atomic E-state index is -0.208. The Labute approximate surface area is 160 Å². The fourth-order valence-corrected chi connectivity index (χ4v) is 2.72. The van der Waals surface area contributed by atoms with Crippen LogP contribution in [-0.2, 0) is 4.79 Å².